The minimum Gasteiger partial charge on any atom is -0.489 e. The van der Waals surface area contributed by atoms with Crippen LogP contribution in [0.2, 0.25) is 0 Å². The molecule has 0 radical (unpaired) electrons. The SMILES string of the molecule is ClCc1ccccc1COc1ccc(OCc2ccc3ccccc3n2)cc1. The third-order valence-corrected chi connectivity index (χ3v) is 4.81. The molecule has 0 unspecified atom stereocenters. The van der Waals surface area contributed by atoms with Crippen LogP contribution in [-0.4, -0.2) is 4.98 Å². The predicted molar refractivity (Wildman–Crippen MR) is 113 cm³/mol. The molecule has 28 heavy (non-hydrogen) atoms. The fourth-order valence-corrected chi connectivity index (χ4v) is 3.23. The minimum atomic E-state index is 0.425. The fraction of sp³-hybridized carbons (Fsp3) is 0.125. The van der Waals surface area contributed by atoms with Gasteiger partial charge in [0.1, 0.15) is 24.7 Å². The summed E-state index contributed by atoms with van der Waals surface area (Å²) in [5, 5.41) is 1.13. The van der Waals surface area contributed by atoms with Gasteiger partial charge in [0.25, 0.3) is 0 Å². The van der Waals surface area contributed by atoms with Crippen molar-refractivity contribution in [2.45, 2.75) is 19.1 Å². The Bertz CT molecular complexity index is 1060. The van der Waals surface area contributed by atoms with E-state index in [2.05, 4.69) is 17.1 Å². The van der Waals surface area contributed by atoms with Crippen LogP contribution in [0.3, 0.4) is 0 Å². The van der Waals surface area contributed by atoms with Crippen molar-refractivity contribution in [3.8, 4) is 11.5 Å². The number of para-hydroxylation sites is 1. The van der Waals surface area contributed by atoms with E-state index in [9.17, 15) is 0 Å². The quantitative estimate of drug-likeness (QED) is 0.356. The number of pyridine rings is 1. The standard InChI is InChI=1S/C24H20ClNO2/c25-15-19-6-1-2-7-20(19)16-27-22-11-13-23(14-12-22)28-17-21-10-9-18-5-3-4-8-24(18)26-21/h1-14H,15-17H2. The lowest BCUT2D eigenvalue weighted by atomic mass is 10.1. The van der Waals surface area contributed by atoms with Gasteiger partial charge in [0.2, 0.25) is 0 Å². The van der Waals surface area contributed by atoms with Crippen LogP contribution in [0.4, 0.5) is 0 Å². The number of hydrogen-bond donors (Lipinski definition) is 0. The molecule has 3 nitrogen and oxygen atoms in total. The molecule has 0 amide bonds. The number of ether oxygens (including phenoxy) is 2. The number of rotatable bonds is 7. The van der Waals surface area contributed by atoms with Gasteiger partial charge in [-0.25, -0.2) is 4.98 Å². The van der Waals surface area contributed by atoms with Crippen LogP contribution in [0.25, 0.3) is 10.9 Å². The molecule has 0 aliphatic heterocycles. The van der Waals surface area contributed by atoms with Gasteiger partial charge in [-0.15, -0.1) is 11.6 Å². The molecular formula is C24H20ClNO2. The molecule has 1 aromatic heterocycles. The van der Waals surface area contributed by atoms with Crippen LogP contribution in [0.15, 0.2) is 84.9 Å². The van der Waals surface area contributed by atoms with Crippen LogP contribution in [0, 0.1) is 0 Å². The minimum absolute atomic E-state index is 0.425. The highest BCUT2D eigenvalue weighted by Crippen LogP contribution is 2.21. The molecule has 1 heterocycles. The lowest BCUT2D eigenvalue weighted by molar-refractivity contribution is 0.294. The first-order valence-electron chi connectivity index (χ1n) is 9.15. The first-order chi connectivity index (χ1) is 13.8. The van der Waals surface area contributed by atoms with Crippen molar-refractivity contribution >= 4 is 22.5 Å². The molecule has 0 saturated heterocycles. The number of hydrogen-bond acceptors (Lipinski definition) is 3. The summed E-state index contributed by atoms with van der Waals surface area (Å²) in [5.41, 5.74) is 4.06. The van der Waals surface area contributed by atoms with Crippen LogP contribution in [0.5, 0.6) is 11.5 Å². The topological polar surface area (TPSA) is 31.4 Å². The van der Waals surface area contributed by atoms with Gasteiger partial charge in [0.15, 0.2) is 0 Å². The molecule has 0 N–H and O–H groups in total. The van der Waals surface area contributed by atoms with E-state index in [0.29, 0.717) is 19.1 Å². The second-order valence-electron chi connectivity index (χ2n) is 6.45. The summed E-state index contributed by atoms with van der Waals surface area (Å²) in [4.78, 5) is 4.63. The highest BCUT2D eigenvalue weighted by molar-refractivity contribution is 6.17. The first kappa shape index (κ1) is 18.3. The molecule has 0 fully saturated rings. The Morgan fingerprint density at radius 3 is 2.04 bits per heavy atom. The van der Waals surface area contributed by atoms with E-state index in [1.54, 1.807) is 0 Å². The number of aromatic nitrogens is 1. The summed E-state index contributed by atoms with van der Waals surface area (Å²) >= 11 is 5.97. The van der Waals surface area contributed by atoms with Crippen LogP contribution < -0.4 is 9.47 Å². The van der Waals surface area contributed by atoms with Gasteiger partial charge in [-0.2, -0.15) is 0 Å². The molecule has 0 bridgehead atoms. The van der Waals surface area contributed by atoms with E-state index in [-0.39, 0.29) is 0 Å². The zero-order valence-electron chi connectivity index (χ0n) is 15.3. The molecule has 0 spiro atoms. The lowest BCUT2D eigenvalue weighted by Gasteiger charge is -2.11. The maximum atomic E-state index is 5.97. The molecule has 0 aliphatic rings. The van der Waals surface area contributed by atoms with Crippen molar-refractivity contribution in [1.29, 1.82) is 0 Å². The molecule has 4 heteroatoms. The smallest absolute Gasteiger partial charge is 0.130 e. The van der Waals surface area contributed by atoms with Crippen LogP contribution >= 0.6 is 11.6 Å². The predicted octanol–water partition coefficient (Wildman–Crippen LogP) is 6.13. The summed E-state index contributed by atoms with van der Waals surface area (Å²) in [6.07, 6.45) is 0. The van der Waals surface area contributed by atoms with Crippen LogP contribution in [-0.2, 0) is 19.1 Å². The van der Waals surface area contributed by atoms with Crippen molar-refractivity contribution in [1.82, 2.24) is 4.98 Å². The van der Waals surface area contributed by atoms with E-state index in [4.69, 9.17) is 21.1 Å². The molecule has 3 aromatic carbocycles. The summed E-state index contributed by atoms with van der Waals surface area (Å²) in [7, 11) is 0. The average molecular weight is 390 g/mol. The van der Waals surface area contributed by atoms with Gasteiger partial charge in [-0.1, -0.05) is 48.5 Å². The normalized spacial score (nSPS) is 10.8. The van der Waals surface area contributed by atoms with E-state index in [0.717, 1.165) is 39.2 Å². The Kier molecular flexibility index (Phi) is 5.74. The summed E-state index contributed by atoms with van der Waals surface area (Å²) in [6, 6.07) is 27.8. The highest BCUT2D eigenvalue weighted by atomic mass is 35.5. The van der Waals surface area contributed by atoms with E-state index >= 15 is 0 Å². The zero-order chi connectivity index (χ0) is 19.2. The van der Waals surface area contributed by atoms with Crippen LogP contribution in [0.1, 0.15) is 16.8 Å². The van der Waals surface area contributed by atoms with Gasteiger partial charge in [-0.3, -0.25) is 0 Å². The molecule has 0 atom stereocenters. The maximum Gasteiger partial charge on any atom is 0.130 e. The molecule has 0 saturated carbocycles. The summed E-state index contributed by atoms with van der Waals surface area (Å²) < 4.78 is 11.7. The molecule has 4 aromatic rings. The van der Waals surface area contributed by atoms with Crippen molar-refractivity contribution in [3.63, 3.8) is 0 Å². The Balaban J connectivity index is 1.35. The summed E-state index contributed by atoms with van der Waals surface area (Å²) in [6.45, 7) is 0.915. The van der Waals surface area contributed by atoms with Gasteiger partial charge in [0, 0.05) is 11.3 Å². The van der Waals surface area contributed by atoms with Crippen molar-refractivity contribution < 1.29 is 9.47 Å². The monoisotopic (exact) mass is 389 g/mol. The first-order valence-corrected chi connectivity index (χ1v) is 9.68. The summed E-state index contributed by atoms with van der Waals surface area (Å²) in [5.74, 6) is 2.05. The average Bonchev–Trinajstić information content (AvgIpc) is 2.77. The number of benzene rings is 3. The molecule has 0 aliphatic carbocycles. The van der Waals surface area contributed by atoms with Crippen molar-refractivity contribution in [2.24, 2.45) is 0 Å². The third kappa shape index (κ3) is 4.44. The second-order valence-corrected chi connectivity index (χ2v) is 6.71. The largest absolute Gasteiger partial charge is 0.489 e. The van der Waals surface area contributed by atoms with E-state index in [1.165, 1.54) is 0 Å². The highest BCUT2D eigenvalue weighted by Gasteiger charge is 2.03. The van der Waals surface area contributed by atoms with Gasteiger partial charge in [-0.05, 0) is 47.5 Å². The van der Waals surface area contributed by atoms with Crippen molar-refractivity contribution in [3.05, 3.63) is 102 Å². The number of halogens is 1. The molecular weight excluding hydrogens is 370 g/mol. The Labute approximate surface area is 169 Å². The third-order valence-electron chi connectivity index (χ3n) is 4.52. The second kappa shape index (κ2) is 8.77. The van der Waals surface area contributed by atoms with E-state index in [1.807, 2.05) is 72.8 Å². The van der Waals surface area contributed by atoms with Gasteiger partial charge >= 0.3 is 0 Å². The maximum absolute atomic E-state index is 5.97. The number of nitrogens with zero attached hydrogens (tertiary/aromatic N) is 1. The van der Waals surface area contributed by atoms with Gasteiger partial charge in [0.05, 0.1) is 11.2 Å². The fourth-order valence-electron chi connectivity index (χ4n) is 2.97. The Morgan fingerprint density at radius 1 is 0.643 bits per heavy atom. The van der Waals surface area contributed by atoms with Crippen molar-refractivity contribution in [2.75, 3.05) is 0 Å². The van der Waals surface area contributed by atoms with E-state index < -0.39 is 0 Å². The Hall–Kier alpha value is -3.04. The van der Waals surface area contributed by atoms with Gasteiger partial charge < -0.3 is 9.47 Å². The molecule has 140 valence electrons. The number of alkyl halides is 1. The Morgan fingerprint density at radius 2 is 1.29 bits per heavy atom. The number of fused-ring (bicyclic) bond motifs is 1. The lowest BCUT2D eigenvalue weighted by Crippen LogP contribution is -2.00. The zero-order valence-corrected chi connectivity index (χ0v) is 16.1. The molecule has 4 rings (SSSR count).